The van der Waals surface area contributed by atoms with Crippen LogP contribution in [-0.4, -0.2) is 27.5 Å². The molecule has 1 fully saturated rings. The van der Waals surface area contributed by atoms with Crippen LogP contribution in [0.1, 0.15) is 17.7 Å². The third kappa shape index (κ3) is 2.88. The van der Waals surface area contributed by atoms with Crippen LogP contribution in [0.3, 0.4) is 0 Å². The molecule has 2 aromatic rings. The highest BCUT2D eigenvalue weighted by atomic mass is 32.1. The average Bonchev–Trinajstić information content (AvgIpc) is 3.09. The molecule has 1 atom stereocenters. The molecule has 3 rings (SSSR count). The van der Waals surface area contributed by atoms with Gasteiger partial charge in [-0.25, -0.2) is 0 Å². The second-order valence-corrected chi connectivity index (χ2v) is 5.38. The van der Waals surface area contributed by atoms with Gasteiger partial charge >= 0.3 is 0 Å². The topological polar surface area (TPSA) is 52.0 Å². The van der Waals surface area contributed by atoms with Crippen LogP contribution in [0.5, 0.6) is 0 Å². The van der Waals surface area contributed by atoms with E-state index in [0.29, 0.717) is 6.10 Å². The Morgan fingerprint density at radius 1 is 1.50 bits per heavy atom. The number of thiazole rings is 1. The first kappa shape index (κ1) is 11.7. The Bertz CT molecular complexity index is 476. The zero-order valence-corrected chi connectivity index (χ0v) is 10.9. The molecule has 18 heavy (non-hydrogen) atoms. The summed E-state index contributed by atoms with van der Waals surface area (Å²) in [5.74, 6) is 0. The van der Waals surface area contributed by atoms with Gasteiger partial charge in [0.1, 0.15) is 0 Å². The Labute approximate surface area is 110 Å². The Morgan fingerprint density at radius 2 is 2.50 bits per heavy atom. The van der Waals surface area contributed by atoms with Gasteiger partial charge in [-0.1, -0.05) is 0 Å². The molecule has 3 heterocycles. The fraction of sp³-hybridized carbons (Fsp3) is 0.500. The van der Waals surface area contributed by atoms with Crippen molar-refractivity contribution in [3.63, 3.8) is 0 Å². The second-order valence-electron chi connectivity index (χ2n) is 4.41. The highest BCUT2D eigenvalue weighted by Crippen LogP contribution is 2.15. The average molecular weight is 264 g/mol. The van der Waals surface area contributed by atoms with Gasteiger partial charge in [-0.05, 0) is 12.8 Å². The maximum atomic E-state index is 5.60. The number of anilines is 1. The number of rotatable bonds is 5. The van der Waals surface area contributed by atoms with Crippen molar-refractivity contribution in [1.29, 1.82) is 0 Å². The van der Waals surface area contributed by atoms with E-state index in [1.807, 2.05) is 28.8 Å². The van der Waals surface area contributed by atoms with Gasteiger partial charge in [0.2, 0.25) is 0 Å². The van der Waals surface area contributed by atoms with Crippen LogP contribution >= 0.6 is 11.3 Å². The maximum absolute atomic E-state index is 5.60. The van der Waals surface area contributed by atoms with Crippen LogP contribution in [0.2, 0.25) is 0 Å². The van der Waals surface area contributed by atoms with E-state index in [4.69, 9.17) is 4.74 Å². The van der Waals surface area contributed by atoms with E-state index in [-0.39, 0.29) is 0 Å². The molecule has 2 aromatic heterocycles. The number of hydrogen-bond donors (Lipinski definition) is 1. The van der Waals surface area contributed by atoms with E-state index in [9.17, 15) is 0 Å². The Morgan fingerprint density at radius 3 is 3.28 bits per heavy atom. The van der Waals surface area contributed by atoms with E-state index in [0.717, 1.165) is 31.8 Å². The zero-order chi connectivity index (χ0) is 12.2. The van der Waals surface area contributed by atoms with Crippen molar-refractivity contribution in [1.82, 2.24) is 14.8 Å². The minimum Gasteiger partial charge on any atom is -0.378 e. The first-order valence-electron chi connectivity index (χ1n) is 6.15. The van der Waals surface area contributed by atoms with Crippen LogP contribution in [0.15, 0.2) is 24.1 Å². The van der Waals surface area contributed by atoms with Gasteiger partial charge < -0.3 is 10.1 Å². The monoisotopic (exact) mass is 264 g/mol. The van der Waals surface area contributed by atoms with E-state index in [1.165, 1.54) is 11.3 Å². The normalized spacial score (nSPS) is 19.2. The first-order chi connectivity index (χ1) is 8.90. The predicted molar refractivity (Wildman–Crippen MR) is 70.6 cm³/mol. The Kier molecular flexibility index (Phi) is 3.56. The molecule has 0 radical (unpaired) electrons. The summed E-state index contributed by atoms with van der Waals surface area (Å²) in [5.41, 5.74) is 2.89. The summed E-state index contributed by atoms with van der Waals surface area (Å²) in [7, 11) is 0. The summed E-state index contributed by atoms with van der Waals surface area (Å²) in [6.07, 6.45) is 8.42. The molecule has 1 N–H and O–H groups in total. The van der Waals surface area contributed by atoms with Crippen molar-refractivity contribution in [3.8, 4) is 0 Å². The van der Waals surface area contributed by atoms with Crippen LogP contribution in [0, 0.1) is 0 Å². The van der Waals surface area contributed by atoms with Crippen molar-refractivity contribution in [2.24, 2.45) is 0 Å². The summed E-state index contributed by atoms with van der Waals surface area (Å²) >= 11 is 1.65. The van der Waals surface area contributed by atoms with Gasteiger partial charge in [0, 0.05) is 23.9 Å². The lowest BCUT2D eigenvalue weighted by Gasteiger charge is -2.08. The zero-order valence-electron chi connectivity index (χ0n) is 10.1. The quantitative estimate of drug-likeness (QED) is 0.899. The largest absolute Gasteiger partial charge is 0.378 e. The first-order valence-corrected chi connectivity index (χ1v) is 7.03. The van der Waals surface area contributed by atoms with Crippen LogP contribution in [0.25, 0.3) is 0 Å². The van der Waals surface area contributed by atoms with Crippen LogP contribution in [-0.2, 0) is 17.8 Å². The lowest BCUT2D eigenvalue weighted by atomic mass is 10.2. The fourth-order valence-corrected chi connectivity index (χ4v) is 2.60. The van der Waals surface area contributed by atoms with Gasteiger partial charge in [-0.3, -0.25) is 9.67 Å². The molecular formula is C12H16N4OS. The molecule has 0 aromatic carbocycles. The van der Waals surface area contributed by atoms with Crippen LogP contribution in [0.4, 0.5) is 5.69 Å². The minimum atomic E-state index is 0.333. The summed E-state index contributed by atoms with van der Waals surface area (Å²) in [4.78, 5) is 5.27. The molecule has 0 spiro atoms. The SMILES string of the molecule is c1ncc(CNc2cnn(CC3CCCO3)c2)s1. The van der Waals surface area contributed by atoms with Crippen LogP contribution < -0.4 is 5.32 Å². The molecule has 5 nitrogen and oxygen atoms in total. The molecule has 0 bridgehead atoms. The molecule has 96 valence electrons. The predicted octanol–water partition coefficient (Wildman–Crippen LogP) is 2.13. The maximum Gasteiger partial charge on any atom is 0.0794 e. The number of hydrogen-bond acceptors (Lipinski definition) is 5. The molecule has 0 aliphatic carbocycles. The summed E-state index contributed by atoms with van der Waals surface area (Å²) < 4.78 is 7.55. The standard InChI is InChI=1S/C12H16N4OS/c1-2-11(17-3-1)8-16-7-10(4-15-16)14-6-12-5-13-9-18-12/h4-5,7,9,11,14H,1-3,6,8H2. The molecule has 0 amide bonds. The van der Waals surface area contributed by atoms with E-state index in [1.54, 1.807) is 11.3 Å². The number of aromatic nitrogens is 3. The van der Waals surface area contributed by atoms with Crippen molar-refractivity contribution in [3.05, 3.63) is 29.0 Å². The van der Waals surface area contributed by atoms with Gasteiger partial charge in [-0.2, -0.15) is 5.10 Å². The molecule has 6 heteroatoms. The van der Waals surface area contributed by atoms with Crippen molar-refractivity contribution >= 4 is 17.0 Å². The van der Waals surface area contributed by atoms with E-state index >= 15 is 0 Å². The molecule has 1 unspecified atom stereocenters. The molecule has 0 saturated carbocycles. The molecular weight excluding hydrogens is 248 g/mol. The molecule has 1 aliphatic rings. The molecule has 1 saturated heterocycles. The lowest BCUT2D eigenvalue weighted by Crippen LogP contribution is -2.15. The van der Waals surface area contributed by atoms with Crippen molar-refractivity contribution < 1.29 is 4.74 Å². The number of ether oxygens (including phenoxy) is 1. The summed E-state index contributed by atoms with van der Waals surface area (Å²) in [6, 6.07) is 0. The number of nitrogens with one attached hydrogen (secondary N) is 1. The Balaban J connectivity index is 1.52. The van der Waals surface area contributed by atoms with Gasteiger partial charge in [0.05, 0.1) is 36.6 Å². The highest BCUT2D eigenvalue weighted by Gasteiger charge is 2.16. The third-order valence-electron chi connectivity index (χ3n) is 3.00. The smallest absolute Gasteiger partial charge is 0.0794 e. The molecule has 1 aliphatic heterocycles. The van der Waals surface area contributed by atoms with Gasteiger partial charge in [0.25, 0.3) is 0 Å². The van der Waals surface area contributed by atoms with Crippen molar-refractivity contribution in [2.75, 3.05) is 11.9 Å². The van der Waals surface area contributed by atoms with E-state index < -0.39 is 0 Å². The third-order valence-corrected chi connectivity index (χ3v) is 3.78. The lowest BCUT2D eigenvalue weighted by molar-refractivity contribution is 0.0940. The summed E-state index contributed by atoms with van der Waals surface area (Å²) in [6.45, 7) is 2.54. The van der Waals surface area contributed by atoms with E-state index in [2.05, 4.69) is 15.4 Å². The fourth-order valence-electron chi connectivity index (χ4n) is 2.07. The Hall–Kier alpha value is -1.40. The van der Waals surface area contributed by atoms with Gasteiger partial charge in [-0.15, -0.1) is 11.3 Å². The second kappa shape index (κ2) is 5.49. The summed E-state index contributed by atoms with van der Waals surface area (Å²) in [5, 5.41) is 7.68. The highest BCUT2D eigenvalue weighted by molar-refractivity contribution is 7.09. The minimum absolute atomic E-state index is 0.333. The van der Waals surface area contributed by atoms with Crippen molar-refractivity contribution in [2.45, 2.75) is 32.0 Å². The number of nitrogens with zero attached hydrogens (tertiary/aromatic N) is 3. The van der Waals surface area contributed by atoms with Gasteiger partial charge in [0.15, 0.2) is 0 Å².